The summed E-state index contributed by atoms with van der Waals surface area (Å²) in [5, 5.41) is 5.66. The van der Waals surface area contributed by atoms with Gasteiger partial charge >= 0.3 is 6.03 Å². The molecule has 1 aromatic carbocycles. The van der Waals surface area contributed by atoms with E-state index < -0.39 is 0 Å². The van der Waals surface area contributed by atoms with Crippen molar-refractivity contribution in [1.82, 2.24) is 15.5 Å². The molecule has 0 unspecified atom stereocenters. The zero-order valence-electron chi connectivity index (χ0n) is 13.3. The standard InChI is InChI=1S/C16H27N3O2/c1-14-6-8-15(9-7-14)21-13-5-11-18-16(20)17-10-4-12-19(2)3/h6-9H,4-5,10-13H2,1-3H3,(H2,17,18,20). The molecule has 0 aliphatic rings. The van der Waals surface area contributed by atoms with E-state index >= 15 is 0 Å². The number of rotatable bonds is 9. The number of amides is 2. The molecule has 0 heterocycles. The monoisotopic (exact) mass is 293 g/mol. The molecule has 1 rings (SSSR count). The number of benzene rings is 1. The number of aryl methyl sites for hydroxylation is 1. The molecule has 2 N–H and O–H groups in total. The number of hydrogen-bond acceptors (Lipinski definition) is 3. The van der Waals surface area contributed by atoms with Crippen LogP contribution in [-0.2, 0) is 0 Å². The van der Waals surface area contributed by atoms with Crippen molar-refractivity contribution in [2.75, 3.05) is 40.3 Å². The highest BCUT2D eigenvalue weighted by atomic mass is 16.5. The maximum absolute atomic E-state index is 11.5. The van der Waals surface area contributed by atoms with Gasteiger partial charge in [-0.05, 0) is 52.5 Å². The third-order valence-electron chi connectivity index (χ3n) is 2.96. The number of hydrogen-bond donors (Lipinski definition) is 2. The Morgan fingerprint density at radius 3 is 2.33 bits per heavy atom. The lowest BCUT2D eigenvalue weighted by Gasteiger charge is -2.11. The summed E-state index contributed by atoms with van der Waals surface area (Å²) in [6.45, 7) is 4.94. The topological polar surface area (TPSA) is 53.6 Å². The van der Waals surface area contributed by atoms with Crippen LogP contribution in [0.1, 0.15) is 18.4 Å². The van der Waals surface area contributed by atoms with Crippen LogP contribution in [0.2, 0.25) is 0 Å². The van der Waals surface area contributed by atoms with Gasteiger partial charge in [0, 0.05) is 13.1 Å². The summed E-state index contributed by atoms with van der Waals surface area (Å²) in [6, 6.07) is 7.85. The average molecular weight is 293 g/mol. The molecule has 0 aliphatic heterocycles. The number of carbonyl (C=O) groups is 1. The Hall–Kier alpha value is -1.75. The molecule has 0 bridgehead atoms. The van der Waals surface area contributed by atoms with Crippen molar-refractivity contribution in [3.8, 4) is 5.75 Å². The number of nitrogens with one attached hydrogen (secondary N) is 2. The first kappa shape index (κ1) is 17.3. The highest BCUT2D eigenvalue weighted by Gasteiger charge is 1.99. The maximum atomic E-state index is 11.5. The molecule has 2 amide bonds. The highest BCUT2D eigenvalue weighted by molar-refractivity contribution is 5.73. The molecule has 21 heavy (non-hydrogen) atoms. The van der Waals surface area contributed by atoms with Crippen molar-refractivity contribution in [2.24, 2.45) is 0 Å². The smallest absolute Gasteiger partial charge is 0.314 e. The average Bonchev–Trinajstić information content (AvgIpc) is 2.45. The molecule has 0 atom stereocenters. The van der Waals surface area contributed by atoms with E-state index in [2.05, 4.69) is 15.5 Å². The van der Waals surface area contributed by atoms with E-state index in [-0.39, 0.29) is 6.03 Å². The Labute approximate surface area is 127 Å². The molecule has 0 aromatic heterocycles. The van der Waals surface area contributed by atoms with Crippen molar-refractivity contribution in [1.29, 1.82) is 0 Å². The fraction of sp³-hybridized carbons (Fsp3) is 0.562. The first-order chi connectivity index (χ1) is 10.1. The van der Waals surface area contributed by atoms with Gasteiger partial charge in [-0.25, -0.2) is 4.79 Å². The van der Waals surface area contributed by atoms with Gasteiger partial charge < -0.3 is 20.3 Å². The van der Waals surface area contributed by atoms with Gasteiger partial charge in [0.05, 0.1) is 6.61 Å². The summed E-state index contributed by atoms with van der Waals surface area (Å²) in [6.07, 6.45) is 1.75. The third-order valence-corrected chi connectivity index (χ3v) is 2.96. The largest absolute Gasteiger partial charge is 0.494 e. The summed E-state index contributed by atoms with van der Waals surface area (Å²) in [5.41, 5.74) is 1.22. The lowest BCUT2D eigenvalue weighted by molar-refractivity contribution is 0.238. The predicted molar refractivity (Wildman–Crippen MR) is 85.9 cm³/mol. The van der Waals surface area contributed by atoms with Crippen LogP contribution in [0.4, 0.5) is 4.79 Å². The molecule has 5 nitrogen and oxygen atoms in total. The highest BCUT2D eigenvalue weighted by Crippen LogP contribution is 2.11. The van der Waals surface area contributed by atoms with Crippen molar-refractivity contribution < 1.29 is 9.53 Å². The van der Waals surface area contributed by atoms with Crippen LogP contribution in [0.5, 0.6) is 5.75 Å². The summed E-state index contributed by atoms with van der Waals surface area (Å²) < 4.78 is 5.59. The first-order valence-corrected chi connectivity index (χ1v) is 7.44. The van der Waals surface area contributed by atoms with Crippen LogP contribution in [0.3, 0.4) is 0 Å². The Balaban J connectivity index is 1.98. The number of carbonyl (C=O) groups excluding carboxylic acids is 1. The molecule has 0 radical (unpaired) electrons. The quantitative estimate of drug-likeness (QED) is 0.685. The minimum atomic E-state index is -0.107. The van der Waals surface area contributed by atoms with Gasteiger partial charge in [-0.1, -0.05) is 17.7 Å². The Morgan fingerprint density at radius 2 is 1.71 bits per heavy atom. The van der Waals surface area contributed by atoms with Crippen LogP contribution in [0, 0.1) is 6.92 Å². The van der Waals surface area contributed by atoms with Crippen LogP contribution in [0.15, 0.2) is 24.3 Å². The van der Waals surface area contributed by atoms with E-state index in [1.165, 1.54) is 5.56 Å². The second-order valence-electron chi connectivity index (χ2n) is 5.35. The summed E-state index contributed by atoms with van der Waals surface area (Å²) in [7, 11) is 4.04. The van der Waals surface area contributed by atoms with Crippen molar-refractivity contribution in [3.05, 3.63) is 29.8 Å². The summed E-state index contributed by atoms with van der Waals surface area (Å²) in [5.74, 6) is 0.869. The molecule has 118 valence electrons. The summed E-state index contributed by atoms with van der Waals surface area (Å²) >= 11 is 0. The molecule has 0 spiro atoms. The molecule has 0 saturated carbocycles. The lowest BCUT2D eigenvalue weighted by Crippen LogP contribution is -2.37. The molecule has 1 aromatic rings. The maximum Gasteiger partial charge on any atom is 0.314 e. The van der Waals surface area contributed by atoms with Gasteiger partial charge in [0.25, 0.3) is 0 Å². The van der Waals surface area contributed by atoms with Gasteiger partial charge in [-0.2, -0.15) is 0 Å². The van der Waals surface area contributed by atoms with Gasteiger partial charge in [0.2, 0.25) is 0 Å². The van der Waals surface area contributed by atoms with Crippen molar-refractivity contribution in [2.45, 2.75) is 19.8 Å². The fourth-order valence-electron chi connectivity index (χ4n) is 1.76. The Bertz CT molecular complexity index is 404. The third kappa shape index (κ3) is 8.92. The molecule has 0 fully saturated rings. The van der Waals surface area contributed by atoms with E-state index in [1.54, 1.807) is 0 Å². The van der Waals surface area contributed by atoms with E-state index in [1.807, 2.05) is 45.3 Å². The van der Waals surface area contributed by atoms with Gasteiger partial charge in [0.1, 0.15) is 5.75 Å². The van der Waals surface area contributed by atoms with Gasteiger partial charge in [-0.15, -0.1) is 0 Å². The van der Waals surface area contributed by atoms with Crippen LogP contribution in [-0.4, -0.2) is 51.3 Å². The van der Waals surface area contributed by atoms with Crippen LogP contribution >= 0.6 is 0 Å². The second-order valence-corrected chi connectivity index (χ2v) is 5.35. The SMILES string of the molecule is Cc1ccc(OCCCNC(=O)NCCCN(C)C)cc1. The van der Waals surface area contributed by atoms with Crippen LogP contribution < -0.4 is 15.4 Å². The van der Waals surface area contributed by atoms with Gasteiger partial charge in [-0.3, -0.25) is 0 Å². The number of urea groups is 1. The predicted octanol–water partition coefficient (Wildman–Crippen LogP) is 2.01. The van der Waals surface area contributed by atoms with E-state index in [4.69, 9.17) is 4.74 Å². The van der Waals surface area contributed by atoms with Crippen LogP contribution in [0.25, 0.3) is 0 Å². The number of ether oxygens (including phenoxy) is 1. The fourth-order valence-corrected chi connectivity index (χ4v) is 1.76. The normalized spacial score (nSPS) is 10.5. The van der Waals surface area contributed by atoms with E-state index in [9.17, 15) is 4.79 Å². The van der Waals surface area contributed by atoms with Gasteiger partial charge in [0.15, 0.2) is 0 Å². The molecular weight excluding hydrogens is 266 g/mol. The lowest BCUT2D eigenvalue weighted by atomic mass is 10.2. The minimum Gasteiger partial charge on any atom is -0.494 e. The first-order valence-electron chi connectivity index (χ1n) is 7.44. The molecule has 0 aliphatic carbocycles. The Kier molecular flexibility index (Phi) is 8.28. The minimum absolute atomic E-state index is 0.107. The van der Waals surface area contributed by atoms with E-state index in [0.717, 1.165) is 25.1 Å². The summed E-state index contributed by atoms with van der Waals surface area (Å²) in [4.78, 5) is 13.6. The molecule has 5 heteroatoms. The van der Waals surface area contributed by atoms with Crippen molar-refractivity contribution in [3.63, 3.8) is 0 Å². The Morgan fingerprint density at radius 1 is 1.10 bits per heavy atom. The second kappa shape index (κ2) is 10.0. The van der Waals surface area contributed by atoms with Crippen molar-refractivity contribution >= 4 is 6.03 Å². The molecule has 0 saturated heterocycles. The number of nitrogens with zero attached hydrogens (tertiary/aromatic N) is 1. The zero-order valence-corrected chi connectivity index (χ0v) is 13.3. The molecular formula is C16H27N3O2. The zero-order chi connectivity index (χ0) is 15.5. The van der Waals surface area contributed by atoms with E-state index in [0.29, 0.717) is 19.7 Å².